The molecule has 4 rings (SSSR count). The highest BCUT2D eigenvalue weighted by molar-refractivity contribution is 7.92. The molecule has 1 aliphatic carbocycles. The summed E-state index contributed by atoms with van der Waals surface area (Å²) in [6.07, 6.45) is 3.39. The first-order chi connectivity index (χ1) is 23.5. The molecular weight excluding hydrogens is 729 g/mol. The Morgan fingerprint density at radius 3 is 2.32 bits per heavy atom. The van der Waals surface area contributed by atoms with Gasteiger partial charge >= 0.3 is 12.6 Å². The van der Waals surface area contributed by atoms with E-state index >= 15 is 0 Å². The average molecular weight is 762 g/mol. The van der Waals surface area contributed by atoms with E-state index in [1.54, 1.807) is 0 Å². The average Bonchev–Trinajstić information content (AvgIpc) is 3.86. The van der Waals surface area contributed by atoms with Crippen LogP contribution in [-0.4, -0.2) is 65.9 Å². The summed E-state index contributed by atoms with van der Waals surface area (Å²) in [6, 6.07) is 7.69. The van der Waals surface area contributed by atoms with Crippen molar-refractivity contribution < 1.29 is 55.3 Å². The monoisotopic (exact) mass is 760 g/mol. The first-order valence-electron chi connectivity index (χ1n) is 14.8. The summed E-state index contributed by atoms with van der Waals surface area (Å²) in [6.45, 7) is -4.32. The molecule has 270 valence electrons. The fourth-order valence-electron chi connectivity index (χ4n) is 4.67. The van der Waals surface area contributed by atoms with Crippen LogP contribution in [0.3, 0.4) is 0 Å². The number of nitrogens with one attached hydrogen (secondary N) is 1. The zero-order chi connectivity index (χ0) is 36.7. The lowest BCUT2D eigenvalue weighted by molar-refractivity contribution is -0.605. The van der Waals surface area contributed by atoms with Gasteiger partial charge in [-0.15, -0.1) is 0 Å². The second kappa shape index (κ2) is 16.4. The molecular formula is C31H32Cl2F2N4O10S. The van der Waals surface area contributed by atoms with Crippen molar-refractivity contribution in [3.8, 4) is 17.2 Å². The fourth-order valence-corrected chi connectivity index (χ4v) is 6.13. The number of carbonyl (C=O) groups is 3. The standard InChI is InChI=1S/C31H32Cl2F2N4O10S/c1-46-24-7-6-19(9-23(24)39(15-28(36)40)50(2,44)45)30(42)37-12-29(41)48-26(11-20-21(32)13-38(43)14-22(20)33)18-5-8-25(49-31(34)35)27(10-18)47-16-17-3-4-17/h5-10,13-14,17,26,31H,3-4,11-12,15-16H2,1-2H3,(H2,36,40)(H,37,42)/t26-/m0/s1. The highest BCUT2D eigenvalue weighted by atomic mass is 35.5. The number of hydrogen-bond donors (Lipinski definition) is 2. The molecule has 2 aromatic carbocycles. The van der Waals surface area contributed by atoms with E-state index in [9.17, 15) is 36.8 Å². The Morgan fingerprint density at radius 1 is 1.08 bits per heavy atom. The third kappa shape index (κ3) is 10.4. The summed E-state index contributed by atoms with van der Waals surface area (Å²) in [5.41, 5.74) is 5.46. The van der Waals surface area contributed by atoms with Gasteiger partial charge in [0.1, 0.15) is 35.0 Å². The van der Waals surface area contributed by atoms with Crippen molar-refractivity contribution in [1.29, 1.82) is 0 Å². The molecule has 1 atom stereocenters. The van der Waals surface area contributed by atoms with Gasteiger partial charge in [0.15, 0.2) is 23.9 Å². The number of halogens is 4. The number of pyridine rings is 1. The number of hydrogen-bond acceptors (Lipinski definition) is 10. The highest BCUT2D eigenvalue weighted by Crippen LogP contribution is 2.38. The van der Waals surface area contributed by atoms with Crippen LogP contribution in [-0.2, 0) is 30.8 Å². The van der Waals surface area contributed by atoms with E-state index in [0.29, 0.717) is 9.04 Å². The van der Waals surface area contributed by atoms with Gasteiger partial charge in [0.2, 0.25) is 15.9 Å². The van der Waals surface area contributed by atoms with Crippen molar-refractivity contribution in [1.82, 2.24) is 5.32 Å². The molecule has 3 N–H and O–H groups in total. The van der Waals surface area contributed by atoms with Gasteiger partial charge in [-0.05, 0) is 54.7 Å². The topological polar surface area (TPSA) is 190 Å². The van der Waals surface area contributed by atoms with Crippen LogP contribution in [0.25, 0.3) is 0 Å². The van der Waals surface area contributed by atoms with E-state index in [2.05, 4.69) is 10.1 Å². The molecule has 0 saturated heterocycles. The van der Waals surface area contributed by atoms with Crippen molar-refractivity contribution in [2.45, 2.75) is 32.0 Å². The minimum atomic E-state index is -4.05. The first kappa shape index (κ1) is 38.2. The molecule has 1 saturated carbocycles. The number of sulfonamides is 1. The minimum absolute atomic E-state index is 0.0154. The van der Waals surface area contributed by atoms with Gasteiger partial charge in [-0.25, -0.2) is 8.42 Å². The van der Waals surface area contributed by atoms with E-state index in [0.717, 1.165) is 37.6 Å². The summed E-state index contributed by atoms with van der Waals surface area (Å²) in [4.78, 5) is 37.8. The van der Waals surface area contributed by atoms with Gasteiger partial charge in [-0.1, -0.05) is 29.3 Å². The molecule has 1 heterocycles. The molecule has 1 fully saturated rings. The summed E-state index contributed by atoms with van der Waals surface area (Å²) >= 11 is 12.6. The molecule has 1 aromatic heterocycles. The van der Waals surface area contributed by atoms with E-state index in [1.807, 2.05) is 0 Å². The van der Waals surface area contributed by atoms with Gasteiger partial charge in [-0.3, -0.25) is 18.7 Å². The van der Waals surface area contributed by atoms with Crippen molar-refractivity contribution in [2.75, 3.05) is 37.4 Å². The maximum atomic E-state index is 13.2. The van der Waals surface area contributed by atoms with Crippen LogP contribution in [0.4, 0.5) is 14.5 Å². The Labute approximate surface area is 295 Å². The van der Waals surface area contributed by atoms with Crippen LogP contribution in [0.1, 0.15) is 40.4 Å². The zero-order valence-corrected chi connectivity index (χ0v) is 28.9. The lowest BCUT2D eigenvalue weighted by Gasteiger charge is -2.23. The Kier molecular flexibility index (Phi) is 12.5. The third-order valence-corrected chi connectivity index (χ3v) is 9.03. The molecule has 2 amide bonds. The molecule has 0 unspecified atom stereocenters. The predicted octanol–water partition coefficient (Wildman–Crippen LogP) is 3.53. The number of ether oxygens (including phenoxy) is 4. The smallest absolute Gasteiger partial charge is 0.387 e. The van der Waals surface area contributed by atoms with E-state index < -0.39 is 53.6 Å². The van der Waals surface area contributed by atoms with E-state index in [-0.39, 0.29) is 68.6 Å². The van der Waals surface area contributed by atoms with Gasteiger partial charge in [0, 0.05) is 17.5 Å². The second-order valence-corrected chi connectivity index (χ2v) is 13.8. The number of nitrogens with zero attached hydrogens (tertiary/aromatic N) is 2. The number of amides is 2. The largest absolute Gasteiger partial charge is 0.619 e. The van der Waals surface area contributed by atoms with Crippen LogP contribution < -0.4 is 34.3 Å². The number of anilines is 1. The van der Waals surface area contributed by atoms with Crippen molar-refractivity contribution in [3.63, 3.8) is 0 Å². The van der Waals surface area contributed by atoms with Crippen LogP contribution in [0, 0.1) is 11.1 Å². The zero-order valence-electron chi connectivity index (χ0n) is 26.6. The molecule has 50 heavy (non-hydrogen) atoms. The van der Waals surface area contributed by atoms with Crippen molar-refractivity contribution in [2.24, 2.45) is 11.7 Å². The van der Waals surface area contributed by atoms with Gasteiger partial charge in [0.05, 0.1) is 25.7 Å². The summed E-state index contributed by atoms with van der Waals surface area (Å²) in [5, 5.41) is 14.1. The normalized spacial score (nSPS) is 13.3. The fraction of sp³-hybridized carbons (Fsp3) is 0.355. The summed E-state index contributed by atoms with van der Waals surface area (Å²) in [7, 11) is -2.79. The van der Waals surface area contributed by atoms with Crippen LogP contribution >= 0.6 is 23.2 Å². The Balaban J connectivity index is 1.58. The number of methoxy groups -OCH3 is 1. The van der Waals surface area contributed by atoms with Gasteiger partial charge in [-0.2, -0.15) is 13.5 Å². The SMILES string of the molecule is COc1ccc(C(=O)NCC(=O)O[C@@H](Cc2c(Cl)c[n+]([O-])cc2Cl)c2ccc(OC(F)F)c(OCC3CC3)c2)cc1N(CC(N)=O)S(C)(=O)=O. The molecule has 0 radical (unpaired) electrons. The number of aromatic nitrogens is 1. The number of benzene rings is 2. The number of esters is 1. The number of carbonyl (C=O) groups excluding carboxylic acids is 3. The predicted molar refractivity (Wildman–Crippen MR) is 176 cm³/mol. The molecule has 3 aromatic rings. The first-order valence-corrected chi connectivity index (χ1v) is 17.4. The van der Waals surface area contributed by atoms with Gasteiger partial charge in [0.25, 0.3) is 5.91 Å². The molecule has 0 aliphatic heterocycles. The summed E-state index contributed by atoms with van der Waals surface area (Å²) < 4.78 is 73.4. The minimum Gasteiger partial charge on any atom is -0.619 e. The van der Waals surface area contributed by atoms with E-state index in [1.165, 1.54) is 37.4 Å². The van der Waals surface area contributed by atoms with Gasteiger partial charge < -0.3 is 35.2 Å². The Hall–Kier alpha value is -4.61. The molecule has 1 aliphatic rings. The second-order valence-electron chi connectivity index (χ2n) is 11.1. The molecule has 0 spiro atoms. The van der Waals surface area contributed by atoms with E-state index in [4.69, 9.17) is 43.1 Å². The molecule has 0 bridgehead atoms. The van der Waals surface area contributed by atoms with Crippen LogP contribution in [0.2, 0.25) is 10.0 Å². The number of primary amides is 1. The maximum Gasteiger partial charge on any atom is 0.387 e. The Morgan fingerprint density at radius 2 is 1.74 bits per heavy atom. The number of rotatable bonds is 17. The third-order valence-electron chi connectivity index (χ3n) is 7.25. The molecule has 19 heteroatoms. The van der Waals surface area contributed by atoms with Crippen LogP contribution in [0.15, 0.2) is 48.8 Å². The number of nitrogens with two attached hydrogens (primary N) is 1. The maximum absolute atomic E-state index is 13.2. The lowest BCUT2D eigenvalue weighted by atomic mass is 10.0. The van der Waals surface area contributed by atoms with Crippen molar-refractivity contribution >= 4 is 56.7 Å². The highest BCUT2D eigenvalue weighted by Gasteiger charge is 2.28. The molecule has 14 nitrogen and oxygen atoms in total. The Bertz CT molecular complexity index is 1840. The lowest BCUT2D eigenvalue weighted by Crippen LogP contribution is -2.38. The summed E-state index contributed by atoms with van der Waals surface area (Å²) in [5.74, 6) is -2.74. The van der Waals surface area contributed by atoms with Crippen LogP contribution in [0.5, 0.6) is 17.2 Å². The number of alkyl halides is 2. The van der Waals surface area contributed by atoms with Crippen molar-refractivity contribution in [3.05, 3.63) is 80.7 Å². The quantitative estimate of drug-likeness (QED) is 0.117.